The first-order valence-electron chi connectivity index (χ1n) is 6.02. The van der Waals surface area contributed by atoms with Gasteiger partial charge < -0.3 is 13.9 Å². The Morgan fingerprint density at radius 1 is 1.17 bits per heavy atom. The molecule has 0 atom stereocenters. The zero-order chi connectivity index (χ0) is 12.8. The first kappa shape index (κ1) is 12.5. The zero-order valence-electron chi connectivity index (χ0n) is 10.7. The van der Waals surface area contributed by atoms with Crippen LogP contribution in [0.4, 0.5) is 0 Å². The summed E-state index contributed by atoms with van der Waals surface area (Å²) in [5.41, 5.74) is 1.23. The van der Waals surface area contributed by atoms with Gasteiger partial charge in [-0.15, -0.1) is 0 Å². The largest absolute Gasteiger partial charge is 0.497 e. The van der Waals surface area contributed by atoms with E-state index in [0.717, 1.165) is 18.6 Å². The Morgan fingerprint density at radius 2 is 1.94 bits per heavy atom. The molecule has 4 nitrogen and oxygen atoms in total. The van der Waals surface area contributed by atoms with E-state index in [9.17, 15) is 0 Å². The number of aryl methyl sites for hydroxylation is 2. The minimum absolute atomic E-state index is 0.488. The Hall–Kier alpha value is -1.97. The molecule has 96 valence electrons. The quantitative estimate of drug-likeness (QED) is 0.787. The minimum Gasteiger partial charge on any atom is -0.497 e. The van der Waals surface area contributed by atoms with Crippen LogP contribution in [0.25, 0.3) is 0 Å². The number of hydrogen-bond donors (Lipinski definition) is 0. The van der Waals surface area contributed by atoms with Crippen molar-refractivity contribution in [1.29, 1.82) is 0 Å². The number of ether oxygens (including phenoxy) is 2. The lowest BCUT2D eigenvalue weighted by Crippen LogP contribution is -1.92. The van der Waals surface area contributed by atoms with Crippen LogP contribution in [0, 0.1) is 0 Å². The third-order valence-electron chi connectivity index (χ3n) is 2.61. The van der Waals surface area contributed by atoms with Crippen molar-refractivity contribution in [2.45, 2.75) is 19.8 Å². The second kappa shape index (κ2) is 6.10. The Labute approximate surface area is 107 Å². The van der Waals surface area contributed by atoms with Crippen LogP contribution in [0.5, 0.6) is 11.7 Å². The monoisotopic (exact) mass is 247 g/mol. The number of methoxy groups -OCH3 is 1. The Kier molecular flexibility index (Phi) is 4.23. The summed E-state index contributed by atoms with van der Waals surface area (Å²) < 4.78 is 15.8. The fourth-order valence-corrected chi connectivity index (χ4v) is 1.66. The first-order chi connectivity index (χ1) is 8.81. The predicted octanol–water partition coefficient (Wildman–Crippen LogP) is 2.87. The van der Waals surface area contributed by atoms with Crippen molar-refractivity contribution in [2.24, 2.45) is 0 Å². The molecule has 18 heavy (non-hydrogen) atoms. The third-order valence-corrected chi connectivity index (χ3v) is 2.61. The van der Waals surface area contributed by atoms with Crippen LogP contribution < -0.4 is 9.47 Å². The van der Waals surface area contributed by atoms with Gasteiger partial charge in [0.2, 0.25) is 0 Å². The summed E-state index contributed by atoms with van der Waals surface area (Å²) >= 11 is 0. The molecule has 2 aromatic rings. The molecule has 0 radical (unpaired) electrons. The molecule has 0 N–H and O–H groups in total. The third kappa shape index (κ3) is 3.26. The maximum absolute atomic E-state index is 5.43. The summed E-state index contributed by atoms with van der Waals surface area (Å²) in [6.07, 6.45) is 3.27. The Bertz CT molecular complexity index is 476. The van der Waals surface area contributed by atoms with Gasteiger partial charge in [-0.05, 0) is 31.0 Å². The Morgan fingerprint density at radius 3 is 2.61 bits per heavy atom. The van der Waals surface area contributed by atoms with Crippen LogP contribution >= 0.6 is 0 Å². The molecular formula is C14H17NO3. The number of aromatic nitrogens is 1. The summed E-state index contributed by atoms with van der Waals surface area (Å²) in [5.74, 6) is 2.06. The molecule has 0 aliphatic carbocycles. The van der Waals surface area contributed by atoms with Crippen molar-refractivity contribution in [3.63, 3.8) is 0 Å². The standard InChI is InChI=1S/C14H17NO3/c1-3-17-14-10-15-13(18-14)9-6-11-4-7-12(16-2)8-5-11/h4-5,7-8,10H,3,6,9H2,1-2H3. The topological polar surface area (TPSA) is 44.5 Å². The van der Waals surface area contributed by atoms with Crippen molar-refractivity contribution in [2.75, 3.05) is 13.7 Å². The molecule has 1 aromatic heterocycles. The van der Waals surface area contributed by atoms with Crippen LogP contribution in [-0.2, 0) is 12.8 Å². The van der Waals surface area contributed by atoms with Gasteiger partial charge in [0, 0.05) is 6.42 Å². The van der Waals surface area contributed by atoms with E-state index in [1.165, 1.54) is 5.56 Å². The highest BCUT2D eigenvalue weighted by molar-refractivity contribution is 5.27. The van der Waals surface area contributed by atoms with Gasteiger partial charge >= 0.3 is 5.95 Å². The van der Waals surface area contributed by atoms with Crippen LogP contribution in [-0.4, -0.2) is 18.7 Å². The van der Waals surface area contributed by atoms with Crippen molar-refractivity contribution in [1.82, 2.24) is 4.98 Å². The van der Waals surface area contributed by atoms with Crippen LogP contribution in [0.3, 0.4) is 0 Å². The van der Waals surface area contributed by atoms with Crippen molar-refractivity contribution < 1.29 is 13.9 Å². The maximum atomic E-state index is 5.43. The van der Waals surface area contributed by atoms with Crippen LogP contribution in [0.1, 0.15) is 18.4 Å². The van der Waals surface area contributed by atoms with E-state index in [4.69, 9.17) is 13.9 Å². The molecule has 0 fully saturated rings. The average Bonchev–Trinajstić information content (AvgIpc) is 2.85. The minimum atomic E-state index is 0.488. The molecule has 0 bridgehead atoms. The van der Waals surface area contributed by atoms with E-state index in [1.54, 1.807) is 13.3 Å². The van der Waals surface area contributed by atoms with E-state index >= 15 is 0 Å². The summed E-state index contributed by atoms with van der Waals surface area (Å²) in [5, 5.41) is 0. The first-order valence-corrected chi connectivity index (χ1v) is 6.02. The van der Waals surface area contributed by atoms with Crippen molar-refractivity contribution in [3.05, 3.63) is 41.9 Å². The molecule has 0 saturated heterocycles. The van der Waals surface area contributed by atoms with Gasteiger partial charge in [0.25, 0.3) is 0 Å². The fourth-order valence-electron chi connectivity index (χ4n) is 1.66. The van der Waals surface area contributed by atoms with E-state index in [-0.39, 0.29) is 0 Å². The SMILES string of the molecule is CCOc1cnc(CCc2ccc(OC)cc2)o1. The van der Waals surface area contributed by atoms with Crippen molar-refractivity contribution in [3.8, 4) is 11.7 Å². The normalized spacial score (nSPS) is 10.3. The van der Waals surface area contributed by atoms with Gasteiger partial charge in [0.1, 0.15) is 11.9 Å². The number of rotatable bonds is 6. The summed E-state index contributed by atoms with van der Waals surface area (Å²) in [4.78, 5) is 4.17. The smallest absolute Gasteiger partial charge is 0.305 e. The highest BCUT2D eigenvalue weighted by Gasteiger charge is 2.04. The molecule has 0 saturated carbocycles. The van der Waals surface area contributed by atoms with Crippen LogP contribution in [0.2, 0.25) is 0 Å². The predicted molar refractivity (Wildman–Crippen MR) is 68.1 cm³/mol. The zero-order valence-corrected chi connectivity index (χ0v) is 10.7. The molecule has 0 unspecified atom stereocenters. The van der Waals surface area contributed by atoms with E-state index in [0.29, 0.717) is 18.4 Å². The number of hydrogen-bond acceptors (Lipinski definition) is 4. The van der Waals surface area contributed by atoms with E-state index < -0.39 is 0 Å². The lowest BCUT2D eigenvalue weighted by atomic mass is 10.1. The maximum Gasteiger partial charge on any atom is 0.305 e. The molecule has 4 heteroatoms. The van der Waals surface area contributed by atoms with Crippen molar-refractivity contribution >= 4 is 0 Å². The molecule has 0 amide bonds. The number of oxazole rings is 1. The van der Waals surface area contributed by atoms with Gasteiger partial charge in [-0.25, -0.2) is 4.98 Å². The number of nitrogens with zero attached hydrogens (tertiary/aromatic N) is 1. The highest BCUT2D eigenvalue weighted by Crippen LogP contribution is 2.16. The fraction of sp³-hybridized carbons (Fsp3) is 0.357. The molecule has 0 aliphatic rings. The van der Waals surface area contributed by atoms with E-state index in [1.807, 2.05) is 31.2 Å². The molecular weight excluding hydrogens is 230 g/mol. The second-order valence-corrected chi connectivity index (χ2v) is 3.85. The summed E-state index contributed by atoms with van der Waals surface area (Å²) in [6, 6.07) is 8.00. The molecule has 0 spiro atoms. The van der Waals surface area contributed by atoms with Gasteiger partial charge in [0.05, 0.1) is 13.7 Å². The highest BCUT2D eigenvalue weighted by atomic mass is 16.6. The second-order valence-electron chi connectivity index (χ2n) is 3.85. The lowest BCUT2D eigenvalue weighted by Gasteiger charge is -2.02. The Balaban J connectivity index is 1.89. The van der Waals surface area contributed by atoms with Gasteiger partial charge in [-0.1, -0.05) is 12.1 Å². The van der Waals surface area contributed by atoms with Gasteiger partial charge in [-0.2, -0.15) is 0 Å². The van der Waals surface area contributed by atoms with E-state index in [2.05, 4.69) is 4.98 Å². The number of benzene rings is 1. The molecule has 1 heterocycles. The average molecular weight is 247 g/mol. The molecule has 1 aromatic carbocycles. The summed E-state index contributed by atoms with van der Waals surface area (Å²) in [6.45, 7) is 2.51. The molecule has 2 rings (SSSR count). The van der Waals surface area contributed by atoms with Gasteiger partial charge in [-0.3, -0.25) is 0 Å². The van der Waals surface area contributed by atoms with Crippen LogP contribution in [0.15, 0.2) is 34.9 Å². The molecule has 0 aliphatic heterocycles. The lowest BCUT2D eigenvalue weighted by molar-refractivity contribution is 0.250. The summed E-state index contributed by atoms with van der Waals surface area (Å²) in [7, 11) is 1.66. The van der Waals surface area contributed by atoms with Gasteiger partial charge in [0.15, 0.2) is 5.89 Å².